The van der Waals surface area contributed by atoms with Crippen molar-refractivity contribution in [3.8, 4) is 22.6 Å². The number of hydrogen-bond acceptors (Lipinski definition) is 7. The highest BCUT2D eigenvalue weighted by Crippen LogP contribution is 2.34. The number of nitrogens with zero attached hydrogens (tertiary/aromatic N) is 1. The zero-order valence-electron chi connectivity index (χ0n) is 27.8. The van der Waals surface area contributed by atoms with Gasteiger partial charge in [0.25, 0.3) is 15.9 Å². The Morgan fingerprint density at radius 2 is 1.52 bits per heavy atom. The van der Waals surface area contributed by atoms with Crippen LogP contribution in [-0.2, 0) is 24.8 Å². The second-order valence-corrected chi connectivity index (χ2v) is 16.4. The molecule has 1 saturated heterocycles. The van der Waals surface area contributed by atoms with Crippen molar-refractivity contribution >= 4 is 26.0 Å². The van der Waals surface area contributed by atoms with Gasteiger partial charge in [0, 0.05) is 13.1 Å². The Balaban J connectivity index is 1.28. The number of hydrogen-bond donors (Lipinski definition) is 1. The molecule has 1 fully saturated rings. The summed E-state index contributed by atoms with van der Waals surface area (Å²) in [5, 5.41) is 0. The monoisotopic (exact) mass is 690 g/mol. The summed E-state index contributed by atoms with van der Waals surface area (Å²) in [5.41, 5.74) is 2.35. The van der Waals surface area contributed by atoms with Crippen molar-refractivity contribution < 1.29 is 31.1 Å². The summed E-state index contributed by atoms with van der Waals surface area (Å²) >= 11 is 0. The zero-order valence-corrected chi connectivity index (χ0v) is 29.5. The molecule has 0 bridgehead atoms. The van der Waals surface area contributed by atoms with Crippen molar-refractivity contribution in [1.82, 2.24) is 9.03 Å². The van der Waals surface area contributed by atoms with Crippen LogP contribution in [0.1, 0.15) is 63.5 Å². The van der Waals surface area contributed by atoms with E-state index in [9.17, 15) is 21.6 Å². The number of rotatable bonds is 11. The topological polar surface area (TPSA) is 119 Å². The van der Waals surface area contributed by atoms with E-state index in [4.69, 9.17) is 9.47 Å². The fraction of sp³-hybridized carbons (Fsp3) is 0.324. The van der Waals surface area contributed by atoms with E-state index < -0.39 is 31.6 Å². The normalized spacial score (nSPS) is 16.0. The van der Waals surface area contributed by atoms with Crippen molar-refractivity contribution in [2.75, 3.05) is 20.2 Å². The average molecular weight is 691 g/mol. The first-order chi connectivity index (χ1) is 22.7. The fourth-order valence-corrected chi connectivity index (χ4v) is 8.38. The Bertz CT molecular complexity index is 1970. The van der Waals surface area contributed by atoms with Crippen LogP contribution in [0.15, 0.2) is 107 Å². The summed E-state index contributed by atoms with van der Waals surface area (Å²) in [6, 6.07) is 28.1. The molecule has 1 atom stereocenters. The first-order valence-corrected chi connectivity index (χ1v) is 18.8. The lowest BCUT2D eigenvalue weighted by Gasteiger charge is -2.32. The smallest absolute Gasteiger partial charge is 0.277 e. The molecule has 0 spiro atoms. The number of carbonyl (C=O) groups is 1. The molecule has 0 radical (unpaired) electrons. The molecule has 1 aliphatic rings. The van der Waals surface area contributed by atoms with Gasteiger partial charge in [-0.2, -0.15) is 4.31 Å². The lowest BCUT2D eigenvalue weighted by atomic mass is 9.91. The average Bonchev–Trinajstić information content (AvgIpc) is 3.08. The van der Waals surface area contributed by atoms with Crippen LogP contribution in [0, 0.1) is 0 Å². The predicted octanol–water partition coefficient (Wildman–Crippen LogP) is 6.72. The maximum atomic E-state index is 13.9. The molecule has 1 N–H and O–H groups in total. The third-order valence-electron chi connectivity index (χ3n) is 8.61. The largest absolute Gasteiger partial charge is 0.497 e. The molecule has 1 aliphatic heterocycles. The van der Waals surface area contributed by atoms with Crippen molar-refractivity contribution in [3.63, 3.8) is 0 Å². The summed E-state index contributed by atoms with van der Waals surface area (Å²) in [5.74, 6) is 0.323. The number of nitrogens with one attached hydrogen (secondary N) is 1. The quantitative estimate of drug-likeness (QED) is 0.186. The Morgan fingerprint density at radius 3 is 2.19 bits per heavy atom. The van der Waals surface area contributed by atoms with Crippen molar-refractivity contribution in [2.24, 2.45) is 0 Å². The lowest BCUT2D eigenvalue weighted by molar-refractivity contribution is -0.132. The molecule has 1 heterocycles. The Labute approximate surface area is 284 Å². The van der Waals surface area contributed by atoms with Crippen LogP contribution < -0.4 is 14.2 Å². The van der Waals surface area contributed by atoms with Gasteiger partial charge in [-0.25, -0.2) is 21.6 Å². The van der Waals surface area contributed by atoms with E-state index in [1.165, 1.54) is 55.1 Å². The fourth-order valence-electron chi connectivity index (χ4n) is 5.71. The summed E-state index contributed by atoms with van der Waals surface area (Å²) in [7, 11) is -6.44. The molecule has 0 saturated carbocycles. The van der Waals surface area contributed by atoms with Crippen molar-refractivity contribution in [2.45, 2.75) is 67.8 Å². The summed E-state index contributed by atoms with van der Waals surface area (Å²) < 4.78 is 68.2. The lowest BCUT2D eigenvalue weighted by Crippen LogP contribution is -2.48. The van der Waals surface area contributed by atoms with Gasteiger partial charge in [0.2, 0.25) is 10.0 Å². The third kappa shape index (κ3) is 7.91. The molecular weight excluding hydrogens is 649 g/mol. The molecule has 1 amide bonds. The van der Waals surface area contributed by atoms with Crippen LogP contribution in [0.5, 0.6) is 11.5 Å². The number of sulfonamides is 2. The van der Waals surface area contributed by atoms with Crippen LogP contribution in [0.25, 0.3) is 11.1 Å². The van der Waals surface area contributed by atoms with Gasteiger partial charge >= 0.3 is 0 Å². The van der Waals surface area contributed by atoms with Gasteiger partial charge in [-0.1, -0.05) is 62.4 Å². The van der Waals surface area contributed by atoms with Crippen LogP contribution in [-0.4, -0.2) is 52.8 Å². The van der Waals surface area contributed by atoms with E-state index in [-0.39, 0.29) is 15.7 Å². The van der Waals surface area contributed by atoms with Gasteiger partial charge in [-0.15, -0.1) is 0 Å². The minimum atomic E-state index is -4.15. The number of methoxy groups -OCH3 is 1. The second kappa shape index (κ2) is 14.1. The van der Waals surface area contributed by atoms with Crippen LogP contribution in [0.4, 0.5) is 0 Å². The van der Waals surface area contributed by atoms with Crippen LogP contribution in [0.2, 0.25) is 0 Å². The van der Waals surface area contributed by atoms with E-state index in [0.29, 0.717) is 36.9 Å². The Morgan fingerprint density at radius 1 is 0.833 bits per heavy atom. The molecule has 4 aromatic rings. The minimum absolute atomic E-state index is 0.0849. The molecule has 0 aliphatic carbocycles. The van der Waals surface area contributed by atoms with E-state index in [0.717, 1.165) is 23.1 Å². The van der Waals surface area contributed by atoms with Crippen LogP contribution in [0.3, 0.4) is 0 Å². The number of piperidine rings is 1. The number of amides is 1. The molecule has 5 rings (SSSR count). The SMILES string of the molecule is COc1ccc(S(=O)(=O)NC(=O)C(C)(C)Oc2cccc(C3CCCN(S(=O)(=O)c4cccc(-c5ccc(C(C)C)cc5)c4)C3)c2)cc1. The van der Waals surface area contributed by atoms with Gasteiger partial charge in [0.05, 0.1) is 16.9 Å². The van der Waals surface area contributed by atoms with Gasteiger partial charge in [-0.3, -0.25) is 4.79 Å². The van der Waals surface area contributed by atoms with Gasteiger partial charge in [0.15, 0.2) is 5.60 Å². The predicted molar refractivity (Wildman–Crippen MR) is 186 cm³/mol. The molecule has 9 nitrogen and oxygen atoms in total. The van der Waals surface area contributed by atoms with Gasteiger partial charge in [-0.05, 0) is 109 Å². The van der Waals surface area contributed by atoms with Gasteiger partial charge < -0.3 is 9.47 Å². The summed E-state index contributed by atoms with van der Waals surface area (Å²) in [4.78, 5) is 13.3. The molecule has 48 heavy (non-hydrogen) atoms. The first-order valence-electron chi connectivity index (χ1n) is 15.9. The van der Waals surface area contributed by atoms with Crippen molar-refractivity contribution in [3.05, 3.63) is 108 Å². The zero-order chi connectivity index (χ0) is 34.7. The Kier molecular flexibility index (Phi) is 10.3. The second-order valence-electron chi connectivity index (χ2n) is 12.8. The number of carbonyl (C=O) groups excluding carboxylic acids is 1. The molecule has 11 heteroatoms. The van der Waals surface area contributed by atoms with Crippen LogP contribution >= 0.6 is 0 Å². The minimum Gasteiger partial charge on any atom is -0.497 e. The highest BCUT2D eigenvalue weighted by Gasteiger charge is 2.35. The molecule has 254 valence electrons. The highest BCUT2D eigenvalue weighted by atomic mass is 32.2. The number of ether oxygens (including phenoxy) is 2. The van der Waals surface area contributed by atoms with Gasteiger partial charge in [0.1, 0.15) is 11.5 Å². The van der Waals surface area contributed by atoms with Crippen molar-refractivity contribution in [1.29, 1.82) is 0 Å². The third-order valence-corrected chi connectivity index (χ3v) is 11.8. The summed E-state index contributed by atoms with van der Waals surface area (Å²) in [6.45, 7) is 7.96. The summed E-state index contributed by atoms with van der Waals surface area (Å²) in [6.07, 6.45) is 1.46. The molecular formula is C37H42N2O7S2. The van der Waals surface area contributed by atoms with E-state index >= 15 is 0 Å². The standard InChI is InChI=1S/C37H42N2O7S2/c1-26(2)27-14-16-28(17-15-27)30-10-7-13-35(24-30)48(43,44)39-22-8-11-31(25-39)29-9-6-12-33(23-29)46-37(3,4)36(40)38-47(41,42)34-20-18-32(45-5)19-21-34/h6-7,9-10,12-21,23-24,26,31H,8,11,22,25H2,1-5H3,(H,38,40). The molecule has 1 unspecified atom stereocenters. The maximum Gasteiger partial charge on any atom is 0.277 e. The Hall–Kier alpha value is -4.19. The highest BCUT2D eigenvalue weighted by molar-refractivity contribution is 7.90. The van der Waals surface area contributed by atoms with E-state index in [2.05, 4.69) is 30.7 Å². The molecule has 4 aromatic carbocycles. The maximum absolute atomic E-state index is 13.9. The molecule has 0 aromatic heterocycles. The number of benzene rings is 4. The first kappa shape index (κ1) is 35.1. The van der Waals surface area contributed by atoms with E-state index in [1.54, 1.807) is 36.4 Å². The van der Waals surface area contributed by atoms with E-state index in [1.807, 2.05) is 24.3 Å².